The molecule has 0 bridgehead atoms. The van der Waals surface area contributed by atoms with Gasteiger partial charge in [-0.2, -0.15) is 0 Å². The van der Waals surface area contributed by atoms with Crippen LogP contribution < -0.4 is 22.3 Å². The van der Waals surface area contributed by atoms with Crippen LogP contribution in [-0.4, -0.2) is 26.9 Å². The maximum Gasteiger partial charge on any atom is 0.332 e. The molecule has 114 valence electrons. The summed E-state index contributed by atoms with van der Waals surface area (Å²) in [4.78, 5) is 24.1. The molecule has 0 aliphatic heterocycles. The summed E-state index contributed by atoms with van der Waals surface area (Å²) in [6.45, 7) is 4.55. The van der Waals surface area contributed by atoms with Crippen molar-refractivity contribution in [3.05, 3.63) is 20.8 Å². The summed E-state index contributed by atoms with van der Waals surface area (Å²) in [5.74, 6) is 0.134. The molecule has 4 N–H and O–H groups in total. The molecule has 1 aromatic heterocycles. The van der Waals surface area contributed by atoms with Gasteiger partial charge in [-0.05, 0) is 12.8 Å². The first-order valence-corrected chi connectivity index (χ1v) is 6.95. The number of nitrogen functional groups attached to an aromatic ring is 1. The van der Waals surface area contributed by atoms with E-state index in [0.717, 1.165) is 17.4 Å². The quantitative estimate of drug-likeness (QED) is 0.659. The predicted octanol–water partition coefficient (Wildman–Crippen LogP) is 0.112. The third-order valence-electron chi connectivity index (χ3n) is 3.30. The molecule has 1 heterocycles. The van der Waals surface area contributed by atoms with Gasteiger partial charge in [-0.3, -0.25) is 13.9 Å². The van der Waals surface area contributed by atoms with Crippen LogP contribution in [0.5, 0.6) is 0 Å². The number of hydrogen-bond acceptors (Lipinski definition) is 5. The van der Waals surface area contributed by atoms with Gasteiger partial charge >= 0.3 is 5.69 Å². The molecule has 1 atom stereocenters. The van der Waals surface area contributed by atoms with Gasteiger partial charge in [0.15, 0.2) is 0 Å². The van der Waals surface area contributed by atoms with E-state index in [0.29, 0.717) is 13.0 Å². The molecule has 0 fully saturated rings. The smallest absolute Gasteiger partial charge is 0.332 e. The van der Waals surface area contributed by atoms with Crippen molar-refractivity contribution in [2.24, 2.45) is 7.05 Å². The molecule has 0 amide bonds. The Morgan fingerprint density at radius 1 is 1.35 bits per heavy atom. The summed E-state index contributed by atoms with van der Waals surface area (Å²) in [7, 11) is 1.42. The molecule has 0 saturated heterocycles. The fraction of sp³-hybridized carbons (Fsp3) is 0.692. The van der Waals surface area contributed by atoms with E-state index < -0.39 is 17.4 Å². The molecule has 0 spiro atoms. The first-order chi connectivity index (χ1) is 9.43. The van der Waals surface area contributed by atoms with Gasteiger partial charge in [0.1, 0.15) is 11.5 Å². The lowest BCUT2D eigenvalue weighted by molar-refractivity contribution is 0.183. The lowest BCUT2D eigenvalue weighted by Crippen LogP contribution is -2.41. The summed E-state index contributed by atoms with van der Waals surface area (Å²) >= 11 is 0. The molecule has 0 aliphatic rings. The minimum atomic E-state index is -0.560. The van der Waals surface area contributed by atoms with E-state index in [1.54, 1.807) is 0 Å². The molecule has 0 radical (unpaired) electrons. The number of anilines is 2. The summed E-state index contributed by atoms with van der Waals surface area (Å²) in [5, 5.41) is 12.4. The maximum absolute atomic E-state index is 12.1. The van der Waals surface area contributed by atoms with Crippen LogP contribution in [-0.2, 0) is 13.6 Å². The van der Waals surface area contributed by atoms with Gasteiger partial charge in [0.25, 0.3) is 5.56 Å². The van der Waals surface area contributed by atoms with Crippen molar-refractivity contribution in [1.82, 2.24) is 9.13 Å². The van der Waals surface area contributed by atoms with E-state index in [-0.39, 0.29) is 18.1 Å². The van der Waals surface area contributed by atoms with Crippen LogP contribution in [0.2, 0.25) is 0 Å². The second-order valence-corrected chi connectivity index (χ2v) is 4.86. The highest BCUT2D eigenvalue weighted by molar-refractivity contribution is 5.60. The lowest BCUT2D eigenvalue weighted by Gasteiger charge is -2.17. The van der Waals surface area contributed by atoms with E-state index in [9.17, 15) is 14.7 Å². The van der Waals surface area contributed by atoms with Crippen molar-refractivity contribution in [1.29, 1.82) is 0 Å². The second kappa shape index (κ2) is 7.14. The molecule has 1 unspecified atom stereocenters. The van der Waals surface area contributed by atoms with Crippen LogP contribution in [0.25, 0.3) is 0 Å². The van der Waals surface area contributed by atoms with Gasteiger partial charge in [-0.25, -0.2) is 4.79 Å². The normalized spacial score (nSPS) is 12.4. The topological polar surface area (TPSA) is 102 Å². The lowest BCUT2D eigenvalue weighted by atomic mass is 10.2. The maximum atomic E-state index is 12.1. The fourth-order valence-electron chi connectivity index (χ4n) is 1.85. The first kappa shape index (κ1) is 16.3. The van der Waals surface area contributed by atoms with Crippen molar-refractivity contribution in [3.63, 3.8) is 0 Å². The Kier molecular flexibility index (Phi) is 5.82. The summed E-state index contributed by atoms with van der Waals surface area (Å²) in [6, 6.07) is 0. The van der Waals surface area contributed by atoms with Gasteiger partial charge < -0.3 is 16.2 Å². The van der Waals surface area contributed by atoms with E-state index in [1.165, 1.54) is 11.6 Å². The second-order valence-electron chi connectivity index (χ2n) is 4.86. The van der Waals surface area contributed by atoms with Crippen LogP contribution in [0.1, 0.15) is 33.1 Å². The molecule has 0 saturated carbocycles. The van der Waals surface area contributed by atoms with Crippen molar-refractivity contribution < 1.29 is 5.11 Å². The van der Waals surface area contributed by atoms with Crippen LogP contribution in [0, 0.1) is 0 Å². The van der Waals surface area contributed by atoms with E-state index >= 15 is 0 Å². The number of hydrogen-bond donors (Lipinski definition) is 3. The minimum Gasteiger partial charge on any atom is -0.391 e. The molecule has 0 aliphatic carbocycles. The van der Waals surface area contributed by atoms with Crippen LogP contribution in [0.4, 0.5) is 11.5 Å². The number of aliphatic hydroxyl groups excluding tert-OH is 1. The number of aliphatic hydroxyl groups is 1. The number of unbranched alkanes of at least 4 members (excludes halogenated alkanes) is 1. The monoisotopic (exact) mass is 284 g/mol. The molecular formula is C13H24N4O3. The Morgan fingerprint density at radius 3 is 2.55 bits per heavy atom. The first-order valence-electron chi connectivity index (χ1n) is 6.95. The summed E-state index contributed by atoms with van der Waals surface area (Å²) in [6.07, 6.45) is 1.74. The Hall–Kier alpha value is -1.76. The van der Waals surface area contributed by atoms with Gasteiger partial charge in [0.05, 0.1) is 6.10 Å². The van der Waals surface area contributed by atoms with Crippen molar-refractivity contribution in [3.8, 4) is 0 Å². The van der Waals surface area contributed by atoms with E-state index in [4.69, 9.17) is 5.73 Å². The van der Waals surface area contributed by atoms with Gasteiger partial charge in [-0.15, -0.1) is 0 Å². The standard InChI is InChI=1S/C13H24N4O3/c1-4-6-7-17-11(14)10(15-8-9(18)5-2)12(19)16(3)13(17)20/h9,15,18H,4-8,14H2,1-3H3. The average Bonchev–Trinajstić information content (AvgIpc) is 2.44. The average molecular weight is 284 g/mol. The Morgan fingerprint density at radius 2 is 2.00 bits per heavy atom. The highest BCUT2D eigenvalue weighted by atomic mass is 16.3. The number of rotatable bonds is 7. The highest BCUT2D eigenvalue weighted by Crippen LogP contribution is 2.11. The third-order valence-corrected chi connectivity index (χ3v) is 3.30. The zero-order valence-electron chi connectivity index (χ0n) is 12.3. The SMILES string of the molecule is CCCCn1c(N)c(NCC(O)CC)c(=O)n(C)c1=O. The molecule has 20 heavy (non-hydrogen) atoms. The third kappa shape index (κ3) is 3.41. The van der Waals surface area contributed by atoms with Crippen molar-refractivity contribution in [2.45, 2.75) is 45.8 Å². The van der Waals surface area contributed by atoms with Gasteiger partial charge in [0.2, 0.25) is 0 Å². The number of nitrogens with zero attached hydrogens (tertiary/aromatic N) is 2. The van der Waals surface area contributed by atoms with Crippen molar-refractivity contribution in [2.75, 3.05) is 17.6 Å². The summed E-state index contributed by atoms with van der Waals surface area (Å²) in [5.41, 5.74) is 5.22. The minimum absolute atomic E-state index is 0.134. The highest BCUT2D eigenvalue weighted by Gasteiger charge is 2.15. The van der Waals surface area contributed by atoms with E-state index in [2.05, 4.69) is 5.32 Å². The molecular weight excluding hydrogens is 260 g/mol. The molecule has 7 nitrogen and oxygen atoms in total. The van der Waals surface area contributed by atoms with Crippen LogP contribution in [0.15, 0.2) is 9.59 Å². The predicted molar refractivity (Wildman–Crippen MR) is 80.1 cm³/mol. The molecule has 7 heteroatoms. The number of aromatic nitrogens is 2. The van der Waals surface area contributed by atoms with E-state index in [1.807, 2.05) is 13.8 Å². The Bertz CT molecular complexity index is 562. The molecule has 0 aromatic carbocycles. The van der Waals surface area contributed by atoms with Crippen LogP contribution in [0.3, 0.4) is 0 Å². The largest absolute Gasteiger partial charge is 0.391 e. The zero-order chi connectivity index (χ0) is 15.3. The fourth-order valence-corrected chi connectivity index (χ4v) is 1.85. The number of nitrogens with two attached hydrogens (primary N) is 1. The van der Waals surface area contributed by atoms with Crippen molar-refractivity contribution >= 4 is 11.5 Å². The Labute approximate surface area is 118 Å². The number of nitrogens with one attached hydrogen (secondary N) is 1. The van der Waals surface area contributed by atoms with Crippen LogP contribution >= 0.6 is 0 Å². The molecule has 1 aromatic rings. The van der Waals surface area contributed by atoms with Gasteiger partial charge in [-0.1, -0.05) is 20.3 Å². The zero-order valence-corrected chi connectivity index (χ0v) is 12.3. The van der Waals surface area contributed by atoms with Gasteiger partial charge in [0, 0.05) is 20.1 Å². The summed E-state index contributed by atoms with van der Waals surface area (Å²) < 4.78 is 2.43. The molecule has 1 rings (SSSR count). The Balaban J connectivity index is 3.19.